The van der Waals surface area contributed by atoms with E-state index in [0.29, 0.717) is 36.6 Å². The summed E-state index contributed by atoms with van der Waals surface area (Å²) in [5.41, 5.74) is 0.103. The van der Waals surface area contributed by atoms with Gasteiger partial charge in [0.25, 0.3) is 0 Å². The predicted octanol–water partition coefficient (Wildman–Crippen LogP) is 2.83. The van der Waals surface area contributed by atoms with E-state index >= 15 is 0 Å². The second-order valence-corrected chi connectivity index (χ2v) is 8.65. The molecule has 0 aliphatic heterocycles. The highest BCUT2D eigenvalue weighted by molar-refractivity contribution is 7.89. The first kappa shape index (κ1) is 23.1. The number of alkyl halides is 3. The number of carbonyl (C=O) groups excluding carboxylic acids is 1. The van der Waals surface area contributed by atoms with Crippen LogP contribution in [0.3, 0.4) is 0 Å². The van der Waals surface area contributed by atoms with Gasteiger partial charge in [-0.3, -0.25) is 9.48 Å². The van der Waals surface area contributed by atoms with Crippen molar-refractivity contribution < 1.29 is 35.9 Å². The normalized spacial score (nSPS) is 16.6. The van der Waals surface area contributed by atoms with E-state index in [9.17, 15) is 26.4 Å². The third-order valence-electron chi connectivity index (χ3n) is 4.93. The Kier molecular flexibility index (Phi) is 6.60. The van der Waals surface area contributed by atoms with Gasteiger partial charge in [0, 0.05) is 11.3 Å². The number of aromatic nitrogens is 2. The lowest BCUT2D eigenvalue weighted by Crippen LogP contribution is -2.31. The summed E-state index contributed by atoms with van der Waals surface area (Å²) < 4.78 is 79.1. The number of hydrogen-bond acceptors (Lipinski definition) is 6. The lowest BCUT2D eigenvalue weighted by atomic mass is 9.94. The summed E-state index contributed by atoms with van der Waals surface area (Å²) in [6, 6.07) is 1.90. The summed E-state index contributed by atoms with van der Waals surface area (Å²) in [6.07, 6.45) is -1.66. The molecule has 12 heteroatoms. The molecule has 1 N–H and O–H groups in total. The van der Waals surface area contributed by atoms with Crippen LogP contribution in [0.2, 0.25) is 0 Å². The maximum atomic E-state index is 13.3. The number of fused-ring (bicyclic) bond motifs is 1. The molecule has 1 unspecified atom stereocenters. The molecule has 0 amide bonds. The highest BCUT2D eigenvalue weighted by Crippen LogP contribution is 2.38. The van der Waals surface area contributed by atoms with Gasteiger partial charge in [0.05, 0.1) is 36.4 Å². The van der Waals surface area contributed by atoms with E-state index < -0.39 is 44.4 Å². The number of halogens is 3. The van der Waals surface area contributed by atoms with Crippen LogP contribution in [0.4, 0.5) is 13.2 Å². The molecule has 1 atom stereocenters. The van der Waals surface area contributed by atoms with Gasteiger partial charge in [0.15, 0.2) is 0 Å². The van der Waals surface area contributed by atoms with Gasteiger partial charge in [0.2, 0.25) is 10.0 Å². The number of benzene rings is 1. The minimum atomic E-state index is -4.77. The van der Waals surface area contributed by atoms with Crippen LogP contribution in [-0.2, 0) is 38.7 Å². The van der Waals surface area contributed by atoms with Gasteiger partial charge in [0.1, 0.15) is 12.3 Å². The third kappa shape index (κ3) is 5.01. The molecule has 0 spiro atoms. The van der Waals surface area contributed by atoms with Crippen LogP contribution < -0.4 is 9.46 Å². The smallest absolute Gasteiger partial charge is 0.420 e. The zero-order valence-electron chi connectivity index (χ0n) is 16.9. The van der Waals surface area contributed by atoms with E-state index in [-0.39, 0.29) is 13.2 Å². The molecule has 1 aliphatic carbocycles. The minimum absolute atomic E-state index is 0.101. The maximum absolute atomic E-state index is 13.3. The number of ether oxygens (including phenoxy) is 2. The van der Waals surface area contributed by atoms with Crippen molar-refractivity contribution in [2.75, 3.05) is 13.7 Å². The van der Waals surface area contributed by atoms with Crippen LogP contribution >= 0.6 is 0 Å². The number of sulfonamides is 1. The average Bonchev–Trinajstić information content (AvgIpc) is 3.10. The quantitative estimate of drug-likeness (QED) is 0.637. The van der Waals surface area contributed by atoms with E-state index in [1.54, 1.807) is 6.92 Å². The van der Waals surface area contributed by atoms with E-state index in [4.69, 9.17) is 9.47 Å². The lowest BCUT2D eigenvalue weighted by molar-refractivity contribution is -0.144. The Labute approximate surface area is 177 Å². The summed E-state index contributed by atoms with van der Waals surface area (Å²) in [4.78, 5) is 11.2. The fraction of sp³-hybridized carbons (Fsp3) is 0.474. The predicted molar refractivity (Wildman–Crippen MR) is 103 cm³/mol. The summed E-state index contributed by atoms with van der Waals surface area (Å²) >= 11 is 0. The van der Waals surface area contributed by atoms with E-state index in [2.05, 4.69) is 9.82 Å². The zero-order chi connectivity index (χ0) is 22.8. The fourth-order valence-electron chi connectivity index (χ4n) is 3.54. The molecule has 31 heavy (non-hydrogen) atoms. The topological polar surface area (TPSA) is 99.5 Å². The molecule has 3 rings (SSSR count). The number of nitrogens with one attached hydrogen (secondary N) is 1. The standard InChI is InChI=1S/C19H22F3N3O5S/c1-3-30-18(26)11-25-16-6-4-5-15(13(16)10-23-25)24-31(27,28)12-7-8-17(29-2)14(9-12)19(20,21)22/h7-10,15,24H,3-6,11H2,1-2H3. The van der Waals surface area contributed by atoms with Gasteiger partial charge in [-0.1, -0.05) is 0 Å². The molecule has 0 fully saturated rings. The lowest BCUT2D eigenvalue weighted by Gasteiger charge is -2.24. The summed E-state index contributed by atoms with van der Waals surface area (Å²) in [5, 5.41) is 4.16. The summed E-state index contributed by atoms with van der Waals surface area (Å²) in [7, 11) is -3.19. The van der Waals surface area contributed by atoms with Crippen LogP contribution in [0.15, 0.2) is 29.3 Å². The van der Waals surface area contributed by atoms with Gasteiger partial charge in [-0.15, -0.1) is 0 Å². The van der Waals surface area contributed by atoms with Crippen LogP contribution in [0, 0.1) is 0 Å². The number of hydrogen-bond donors (Lipinski definition) is 1. The zero-order valence-corrected chi connectivity index (χ0v) is 17.7. The van der Waals surface area contributed by atoms with E-state index in [1.807, 2.05) is 0 Å². The Morgan fingerprint density at radius 1 is 1.35 bits per heavy atom. The molecule has 170 valence electrons. The average molecular weight is 461 g/mol. The molecule has 0 bridgehead atoms. The summed E-state index contributed by atoms with van der Waals surface area (Å²) in [6.45, 7) is 1.81. The van der Waals surface area contributed by atoms with Crippen molar-refractivity contribution in [1.29, 1.82) is 0 Å². The fourth-order valence-corrected chi connectivity index (χ4v) is 4.81. The van der Waals surface area contributed by atoms with Crippen molar-refractivity contribution in [1.82, 2.24) is 14.5 Å². The van der Waals surface area contributed by atoms with Crippen molar-refractivity contribution in [2.45, 2.75) is 49.8 Å². The number of methoxy groups -OCH3 is 1. The van der Waals surface area contributed by atoms with Crippen molar-refractivity contribution in [3.63, 3.8) is 0 Å². The Balaban J connectivity index is 1.87. The SMILES string of the molecule is CCOC(=O)Cn1ncc2c1CCCC2NS(=O)(=O)c1ccc(OC)c(C(F)(F)F)c1. The molecule has 0 saturated carbocycles. The Hall–Kier alpha value is -2.60. The molecular weight excluding hydrogens is 439 g/mol. The van der Waals surface area contributed by atoms with Crippen molar-refractivity contribution >= 4 is 16.0 Å². The first-order chi connectivity index (χ1) is 14.6. The van der Waals surface area contributed by atoms with Crippen LogP contribution in [0.1, 0.15) is 42.6 Å². The minimum Gasteiger partial charge on any atom is -0.496 e. The van der Waals surface area contributed by atoms with Crippen LogP contribution in [-0.4, -0.2) is 37.9 Å². The summed E-state index contributed by atoms with van der Waals surface area (Å²) in [5.74, 6) is -0.930. The number of esters is 1. The second-order valence-electron chi connectivity index (χ2n) is 6.94. The first-order valence-electron chi connectivity index (χ1n) is 9.54. The largest absolute Gasteiger partial charge is 0.496 e. The Bertz CT molecular complexity index is 1070. The molecule has 2 aromatic rings. The first-order valence-corrected chi connectivity index (χ1v) is 11.0. The second kappa shape index (κ2) is 8.87. The number of rotatable bonds is 7. The molecule has 1 aromatic heterocycles. The molecule has 1 aliphatic rings. The number of carbonyl (C=O) groups is 1. The molecule has 0 saturated heterocycles. The van der Waals surface area contributed by atoms with Gasteiger partial charge in [-0.25, -0.2) is 13.1 Å². The van der Waals surface area contributed by atoms with Gasteiger partial charge >= 0.3 is 12.1 Å². The van der Waals surface area contributed by atoms with Crippen molar-refractivity contribution in [3.05, 3.63) is 41.2 Å². The van der Waals surface area contributed by atoms with Crippen LogP contribution in [0.25, 0.3) is 0 Å². The van der Waals surface area contributed by atoms with Gasteiger partial charge in [-0.05, 0) is 44.4 Å². The molecular formula is C19H22F3N3O5S. The third-order valence-corrected chi connectivity index (χ3v) is 6.40. The highest BCUT2D eigenvalue weighted by Gasteiger charge is 2.36. The van der Waals surface area contributed by atoms with Crippen molar-refractivity contribution in [2.24, 2.45) is 0 Å². The molecule has 1 heterocycles. The molecule has 0 radical (unpaired) electrons. The molecule has 8 nitrogen and oxygen atoms in total. The maximum Gasteiger partial charge on any atom is 0.420 e. The number of nitrogens with zero attached hydrogens (tertiary/aromatic N) is 2. The Morgan fingerprint density at radius 3 is 2.74 bits per heavy atom. The van der Waals surface area contributed by atoms with E-state index in [0.717, 1.165) is 19.2 Å². The Morgan fingerprint density at radius 2 is 2.10 bits per heavy atom. The monoisotopic (exact) mass is 461 g/mol. The van der Waals surface area contributed by atoms with Gasteiger partial charge in [-0.2, -0.15) is 18.3 Å². The molecule has 1 aromatic carbocycles. The van der Waals surface area contributed by atoms with Crippen molar-refractivity contribution in [3.8, 4) is 5.75 Å². The highest BCUT2D eigenvalue weighted by atomic mass is 32.2. The van der Waals surface area contributed by atoms with E-state index in [1.165, 1.54) is 10.9 Å². The van der Waals surface area contributed by atoms with Crippen LogP contribution in [0.5, 0.6) is 5.75 Å². The van der Waals surface area contributed by atoms with Gasteiger partial charge < -0.3 is 9.47 Å².